The molecule has 154 valence electrons. The van der Waals surface area contributed by atoms with Gasteiger partial charge in [-0.3, -0.25) is 9.47 Å². The molecule has 1 fully saturated rings. The predicted octanol–water partition coefficient (Wildman–Crippen LogP) is 1.93. The number of anilines is 1. The number of nitrogens with zero attached hydrogens (tertiary/aromatic N) is 4. The van der Waals surface area contributed by atoms with E-state index in [9.17, 15) is 4.79 Å². The van der Waals surface area contributed by atoms with E-state index in [1.54, 1.807) is 18.5 Å². The molecule has 7 heteroatoms. The maximum absolute atomic E-state index is 12.0. The van der Waals surface area contributed by atoms with Gasteiger partial charge in [-0.1, -0.05) is 12.0 Å². The molecule has 0 radical (unpaired) electrons. The third-order valence-corrected chi connectivity index (χ3v) is 5.27. The number of rotatable bonds is 6. The summed E-state index contributed by atoms with van der Waals surface area (Å²) in [6, 6.07) is 13.7. The molecule has 0 bridgehead atoms. The lowest BCUT2D eigenvalue weighted by Crippen LogP contribution is -2.46. The molecular formula is C23H24N4O3. The lowest BCUT2D eigenvalue weighted by molar-refractivity contribution is 0.0434. The number of carbonyl (C=O) groups is 1. The van der Waals surface area contributed by atoms with Gasteiger partial charge in [0.15, 0.2) is 0 Å². The van der Waals surface area contributed by atoms with Gasteiger partial charge < -0.3 is 14.7 Å². The Balaban J connectivity index is 1.55. The average molecular weight is 404 g/mol. The third kappa shape index (κ3) is 4.15. The lowest BCUT2D eigenvalue weighted by atomic mass is 10.2. The molecule has 30 heavy (non-hydrogen) atoms. The van der Waals surface area contributed by atoms with Crippen LogP contribution in [0.3, 0.4) is 0 Å². The van der Waals surface area contributed by atoms with Gasteiger partial charge in [0.05, 0.1) is 29.7 Å². The maximum atomic E-state index is 12.0. The van der Waals surface area contributed by atoms with E-state index in [0.29, 0.717) is 17.6 Å². The zero-order valence-corrected chi connectivity index (χ0v) is 16.7. The number of imidazole rings is 1. The molecule has 1 saturated heterocycles. The van der Waals surface area contributed by atoms with Crippen molar-refractivity contribution in [1.29, 1.82) is 0 Å². The second-order valence-corrected chi connectivity index (χ2v) is 7.16. The van der Waals surface area contributed by atoms with E-state index in [0.717, 1.165) is 37.4 Å². The van der Waals surface area contributed by atoms with Crippen molar-refractivity contribution >= 4 is 22.7 Å². The predicted molar refractivity (Wildman–Crippen MR) is 116 cm³/mol. The van der Waals surface area contributed by atoms with E-state index in [2.05, 4.69) is 32.8 Å². The topological polar surface area (TPSA) is 70.8 Å². The first-order valence-electron chi connectivity index (χ1n) is 9.96. The monoisotopic (exact) mass is 404 g/mol. The minimum atomic E-state index is -0.466. The van der Waals surface area contributed by atoms with Crippen LogP contribution in [0, 0.1) is 12.3 Å². The molecule has 0 spiro atoms. The third-order valence-electron chi connectivity index (χ3n) is 5.27. The van der Waals surface area contributed by atoms with Gasteiger partial charge in [0.2, 0.25) is 0 Å². The van der Waals surface area contributed by atoms with Crippen LogP contribution in [-0.2, 0) is 4.74 Å². The fourth-order valence-electron chi connectivity index (χ4n) is 3.70. The molecule has 0 amide bonds. The summed E-state index contributed by atoms with van der Waals surface area (Å²) in [5.74, 6) is 2.25. The molecule has 1 aliphatic rings. The van der Waals surface area contributed by atoms with Crippen molar-refractivity contribution in [2.45, 2.75) is 0 Å². The van der Waals surface area contributed by atoms with Crippen molar-refractivity contribution in [3.63, 3.8) is 0 Å². The molecule has 2 aromatic carbocycles. The smallest absolute Gasteiger partial charge is 0.338 e. The van der Waals surface area contributed by atoms with E-state index in [-0.39, 0.29) is 13.2 Å². The number of hydrogen-bond acceptors (Lipinski definition) is 6. The van der Waals surface area contributed by atoms with Crippen LogP contribution in [0.5, 0.6) is 0 Å². The van der Waals surface area contributed by atoms with Gasteiger partial charge in [-0.2, -0.15) is 0 Å². The Hall–Kier alpha value is -3.34. The second-order valence-electron chi connectivity index (χ2n) is 7.16. The summed E-state index contributed by atoms with van der Waals surface area (Å²) in [6.45, 7) is 4.27. The number of piperazine rings is 1. The van der Waals surface area contributed by atoms with E-state index >= 15 is 0 Å². The van der Waals surface area contributed by atoms with Crippen LogP contribution in [0.1, 0.15) is 10.4 Å². The molecule has 7 nitrogen and oxygen atoms in total. The molecule has 4 rings (SSSR count). The largest absolute Gasteiger partial charge is 0.460 e. The van der Waals surface area contributed by atoms with Crippen LogP contribution < -0.4 is 4.90 Å². The molecule has 1 aliphatic heterocycles. The Bertz CT molecular complexity index is 1080. The van der Waals surface area contributed by atoms with Gasteiger partial charge in [0.1, 0.15) is 12.9 Å². The molecular weight excluding hydrogens is 380 g/mol. The molecule has 3 aromatic rings. The van der Waals surface area contributed by atoms with Gasteiger partial charge >= 0.3 is 5.97 Å². The number of terminal acetylenes is 1. The summed E-state index contributed by atoms with van der Waals surface area (Å²) in [5.41, 5.74) is 4.21. The summed E-state index contributed by atoms with van der Waals surface area (Å²) in [5, 5.41) is 8.81. The van der Waals surface area contributed by atoms with E-state index in [1.165, 1.54) is 5.69 Å². The van der Waals surface area contributed by atoms with Gasteiger partial charge in [-0.25, -0.2) is 9.78 Å². The summed E-state index contributed by atoms with van der Waals surface area (Å²) in [4.78, 5) is 21.1. The molecule has 0 aliphatic carbocycles. The Kier molecular flexibility index (Phi) is 5.98. The van der Waals surface area contributed by atoms with Gasteiger partial charge in [0.25, 0.3) is 0 Å². The zero-order chi connectivity index (χ0) is 20.9. The zero-order valence-electron chi connectivity index (χ0n) is 16.7. The van der Waals surface area contributed by atoms with Crippen LogP contribution >= 0.6 is 0 Å². The Labute approximate surface area is 175 Å². The molecule has 1 aromatic heterocycles. The maximum Gasteiger partial charge on any atom is 0.338 e. The number of carbonyl (C=O) groups excluding carboxylic acids is 1. The van der Waals surface area contributed by atoms with Crippen molar-refractivity contribution in [1.82, 2.24) is 14.5 Å². The average Bonchev–Trinajstić information content (AvgIpc) is 3.21. The molecule has 1 N–H and O–H groups in total. The highest BCUT2D eigenvalue weighted by atomic mass is 16.5. The fraction of sp³-hybridized carbons (Fsp3) is 0.304. The van der Waals surface area contributed by atoms with Gasteiger partial charge in [0, 0.05) is 37.6 Å². The first-order valence-corrected chi connectivity index (χ1v) is 9.96. The van der Waals surface area contributed by atoms with Crippen molar-refractivity contribution in [3.8, 4) is 18.0 Å². The van der Waals surface area contributed by atoms with Crippen LogP contribution in [0.2, 0.25) is 0 Å². The Morgan fingerprint density at radius 1 is 1.13 bits per heavy atom. The van der Waals surface area contributed by atoms with Crippen LogP contribution in [0.15, 0.2) is 48.8 Å². The number of esters is 1. The standard InChI is InChI=1S/C23H24N4O3/c1-2-8-25-9-11-26(12-10-25)19-4-3-5-20(16-19)27-17-24-21-15-18(6-7-22(21)27)23(29)30-14-13-28/h1,3-7,15-17,28H,8-14H2. The highest BCUT2D eigenvalue weighted by Crippen LogP contribution is 2.24. The minimum Gasteiger partial charge on any atom is -0.460 e. The fourth-order valence-corrected chi connectivity index (χ4v) is 3.70. The van der Waals surface area contributed by atoms with E-state index < -0.39 is 5.97 Å². The van der Waals surface area contributed by atoms with Crippen molar-refractivity contribution in [2.24, 2.45) is 0 Å². The number of benzene rings is 2. The van der Waals surface area contributed by atoms with Crippen LogP contribution in [0.4, 0.5) is 5.69 Å². The summed E-state index contributed by atoms with van der Waals surface area (Å²) in [6.07, 6.45) is 7.18. The highest BCUT2D eigenvalue weighted by molar-refractivity contribution is 5.94. The van der Waals surface area contributed by atoms with Gasteiger partial charge in [-0.05, 0) is 36.4 Å². The molecule has 0 atom stereocenters. The van der Waals surface area contributed by atoms with Crippen molar-refractivity contribution in [3.05, 3.63) is 54.4 Å². The number of fused-ring (bicyclic) bond motifs is 1. The number of aliphatic hydroxyl groups excluding tert-OH is 1. The SMILES string of the molecule is C#CCN1CCN(c2cccc(-n3cnc4cc(C(=O)OCCO)ccc43)c2)CC1. The first-order chi connectivity index (χ1) is 14.7. The quantitative estimate of drug-likeness (QED) is 0.500. The lowest BCUT2D eigenvalue weighted by Gasteiger charge is -2.35. The first kappa shape index (κ1) is 20.0. The highest BCUT2D eigenvalue weighted by Gasteiger charge is 2.17. The minimum absolute atomic E-state index is 0.0188. The van der Waals surface area contributed by atoms with Crippen LogP contribution in [0.25, 0.3) is 16.7 Å². The number of ether oxygens (including phenoxy) is 1. The molecule has 2 heterocycles. The van der Waals surface area contributed by atoms with Crippen molar-refractivity contribution in [2.75, 3.05) is 50.8 Å². The molecule has 0 saturated carbocycles. The second kappa shape index (κ2) is 8.99. The molecule has 0 unspecified atom stereocenters. The summed E-state index contributed by atoms with van der Waals surface area (Å²) < 4.78 is 6.99. The Morgan fingerprint density at radius 3 is 2.70 bits per heavy atom. The normalized spacial score (nSPS) is 14.6. The summed E-state index contributed by atoms with van der Waals surface area (Å²) in [7, 11) is 0. The summed E-state index contributed by atoms with van der Waals surface area (Å²) >= 11 is 0. The Morgan fingerprint density at radius 2 is 1.93 bits per heavy atom. The number of aromatic nitrogens is 2. The van der Waals surface area contributed by atoms with E-state index in [4.69, 9.17) is 16.3 Å². The van der Waals surface area contributed by atoms with E-state index in [1.807, 2.05) is 22.8 Å². The van der Waals surface area contributed by atoms with Crippen molar-refractivity contribution < 1.29 is 14.6 Å². The van der Waals surface area contributed by atoms with Gasteiger partial charge in [-0.15, -0.1) is 6.42 Å². The number of hydrogen-bond donors (Lipinski definition) is 1. The number of aliphatic hydroxyl groups is 1. The van der Waals surface area contributed by atoms with Crippen LogP contribution in [-0.4, -0.2) is 71.5 Å².